The normalized spacial score (nSPS) is 14.9. The first-order valence-electron chi connectivity index (χ1n) is 9.25. The summed E-state index contributed by atoms with van der Waals surface area (Å²) in [7, 11) is 0. The van der Waals surface area contributed by atoms with Gasteiger partial charge in [0.05, 0.1) is 24.5 Å². The van der Waals surface area contributed by atoms with Gasteiger partial charge >= 0.3 is 6.18 Å². The van der Waals surface area contributed by atoms with Crippen molar-refractivity contribution in [1.29, 1.82) is 0 Å². The first-order valence-corrected chi connectivity index (χ1v) is 10.2. The summed E-state index contributed by atoms with van der Waals surface area (Å²) < 4.78 is 59.9. The molecule has 1 saturated heterocycles. The standard InChI is InChI=1S/C20H18F4N4OS/c21-16-5-2-6-17(12-16)28-18(27-7-9-29-10-8-27)25-26-19(28)30-13-14-3-1-4-15(11-14)20(22,23)24/h1-6,11-12H,7-10,13H2. The number of rotatable bonds is 5. The van der Waals surface area contributed by atoms with Crippen LogP contribution in [0.3, 0.4) is 0 Å². The Hall–Kier alpha value is -2.59. The number of ether oxygens (including phenoxy) is 1. The van der Waals surface area contributed by atoms with Crippen molar-refractivity contribution in [3.8, 4) is 5.69 Å². The molecule has 2 aromatic carbocycles. The van der Waals surface area contributed by atoms with Crippen molar-refractivity contribution in [3.63, 3.8) is 0 Å². The summed E-state index contributed by atoms with van der Waals surface area (Å²) >= 11 is 1.25. The summed E-state index contributed by atoms with van der Waals surface area (Å²) in [4.78, 5) is 2.00. The van der Waals surface area contributed by atoms with Crippen LogP contribution in [0.5, 0.6) is 0 Å². The molecule has 0 radical (unpaired) electrons. The van der Waals surface area contributed by atoms with E-state index in [0.29, 0.717) is 48.7 Å². The molecule has 30 heavy (non-hydrogen) atoms. The van der Waals surface area contributed by atoms with Gasteiger partial charge in [-0.25, -0.2) is 4.39 Å². The highest BCUT2D eigenvalue weighted by molar-refractivity contribution is 7.98. The van der Waals surface area contributed by atoms with Crippen LogP contribution in [0.4, 0.5) is 23.5 Å². The van der Waals surface area contributed by atoms with E-state index in [9.17, 15) is 17.6 Å². The van der Waals surface area contributed by atoms with Crippen LogP contribution in [0.15, 0.2) is 53.7 Å². The number of hydrogen-bond acceptors (Lipinski definition) is 5. The van der Waals surface area contributed by atoms with Crippen LogP contribution in [0.2, 0.25) is 0 Å². The van der Waals surface area contributed by atoms with Crippen molar-refractivity contribution in [3.05, 3.63) is 65.5 Å². The van der Waals surface area contributed by atoms with Gasteiger partial charge < -0.3 is 9.64 Å². The summed E-state index contributed by atoms with van der Waals surface area (Å²) in [6.07, 6.45) is -4.40. The second kappa shape index (κ2) is 8.65. The van der Waals surface area contributed by atoms with Gasteiger partial charge in [-0.1, -0.05) is 36.0 Å². The van der Waals surface area contributed by atoms with Crippen LogP contribution >= 0.6 is 11.8 Å². The zero-order valence-electron chi connectivity index (χ0n) is 15.8. The summed E-state index contributed by atoms with van der Waals surface area (Å²) in [5.74, 6) is 0.416. The Labute approximate surface area is 174 Å². The molecule has 158 valence electrons. The van der Waals surface area contributed by atoms with Crippen LogP contribution in [-0.4, -0.2) is 41.1 Å². The predicted octanol–water partition coefficient (Wildman–Crippen LogP) is 4.55. The number of hydrogen-bond donors (Lipinski definition) is 0. The molecule has 0 N–H and O–H groups in total. The topological polar surface area (TPSA) is 43.2 Å². The van der Waals surface area contributed by atoms with E-state index in [-0.39, 0.29) is 5.75 Å². The largest absolute Gasteiger partial charge is 0.416 e. The molecule has 0 amide bonds. The fraction of sp³-hybridized carbons (Fsp3) is 0.300. The lowest BCUT2D eigenvalue weighted by molar-refractivity contribution is -0.137. The number of morpholine rings is 1. The average Bonchev–Trinajstić information content (AvgIpc) is 3.16. The minimum atomic E-state index is -4.40. The maximum absolute atomic E-state index is 13.9. The van der Waals surface area contributed by atoms with E-state index >= 15 is 0 Å². The smallest absolute Gasteiger partial charge is 0.378 e. The first-order chi connectivity index (χ1) is 14.4. The molecule has 1 aliphatic rings. The molecular formula is C20H18F4N4OS. The molecule has 3 aromatic rings. The van der Waals surface area contributed by atoms with E-state index < -0.39 is 17.6 Å². The molecule has 4 rings (SSSR count). The molecule has 10 heteroatoms. The van der Waals surface area contributed by atoms with Crippen molar-refractivity contribution in [2.75, 3.05) is 31.2 Å². The molecule has 0 atom stereocenters. The number of thioether (sulfide) groups is 1. The molecule has 0 bridgehead atoms. The third-order valence-electron chi connectivity index (χ3n) is 4.60. The van der Waals surface area contributed by atoms with Gasteiger partial charge in [-0.15, -0.1) is 10.2 Å². The van der Waals surface area contributed by atoms with Gasteiger partial charge in [0.2, 0.25) is 5.95 Å². The minimum absolute atomic E-state index is 0.264. The number of anilines is 1. The predicted molar refractivity (Wildman–Crippen MR) is 105 cm³/mol. The summed E-state index contributed by atoms with van der Waals surface area (Å²) in [5, 5.41) is 8.98. The highest BCUT2D eigenvalue weighted by atomic mass is 32.2. The number of aromatic nitrogens is 3. The fourth-order valence-corrected chi connectivity index (χ4v) is 4.04. The molecular weight excluding hydrogens is 420 g/mol. The van der Waals surface area contributed by atoms with Gasteiger partial charge in [0.25, 0.3) is 0 Å². The maximum Gasteiger partial charge on any atom is 0.416 e. The van der Waals surface area contributed by atoms with Gasteiger partial charge in [0, 0.05) is 18.8 Å². The van der Waals surface area contributed by atoms with E-state index in [4.69, 9.17) is 4.74 Å². The zero-order chi connectivity index (χ0) is 21.1. The van der Waals surface area contributed by atoms with Crippen molar-refractivity contribution in [2.45, 2.75) is 17.1 Å². The van der Waals surface area contributed by atoms with Crippen LogP contribution in [0.25, 0.3) is 5.69 Å². The average molecular weight is 438 g/mol. The molecule has 0 saturated carbocycles. The third kappa shape index (κ3) is 4.59. The lowest BCUT2D eigenvalue weighted by Crippen LogP contribution is -2.37. The second-order valence-corrected chi connectivity index (χ2v) is 7.63. The third-order valence-corrected chi connectivity index (χ3v) is 5.60. The van der Waals surface area contributed by atoms with Gasteiger partial charge in [-0.2, -0.15) is 13.2 Å². The fourth-order valence-electron chi connectivity index (χ4n) is 3.15. The Kier molecular flexibility index (Phi) is 5.96. The SMILES string of the molecule is Fc1cccc(-n2c(SCc3cccc(C(F)(F)F)c3)nnc2N2CCOCC2)c1. The van der Waals surface area contributed by atoms with Crippen molar-refractivity contribution >= 4 is 17.7 Å². The van der Waals surface area contributed by atoms with E-state index in [1.165, 1.54) is 30.0 Å². The first kappa shape index (κ1) is 20.7. The molecule has 2 heterocycles. The number of halogens is 4. The number of nitrogens with zero attached hydrogens (tertiary/aromatic N) is 4. The van der Waals surface area contributed by atoms with Crippen LogP contribution in [0, 0.1) is 5.82 Å². The summed E-state index contributed by atoms with van der Waals surface area (Å²) in [5.41, 5.74) is 0.366. The minimum Gasteiger partial charge on any atom is -0.378 e. The van der Waals surface area contributed by atoms with Crippen molar-refractivity contribution < 1.29 is 22.3 Å². The Morgan fingerprint density at radius 3 is 2.50 bits per heavy atom. The Balaban J connectivity index is 1.64. The molecule has 1 fully saturated rings. The van der Waals surface area contributed by atoms with Crippen LogP contribution < -0.4 is 4.90 Å². The number of alkyl halides is 3. The molecule has 5 nitrogen and oxygen atoms in total. The maximum atomic E-state index is 13.9. The van der Waals surface area contributed by atoms with Crippen molar-refractivity contribution in [2.24, 2.45) is 0 Å². The van der Waals surface area contributed by atoms with E-state index in [2.05, 4.69) is 10.2 Å². The molecule has 0 aliphatic carbocycles. The Morgan fingerprint density at radius 1 is 1.00 bits per heavy atom. The Morgan fingerprint density at radius 2 is 1.77 bits per heavy atom. The van der Waals surface area contributed by atoms with Gasteiger partial charge in [-0.3, -0.25) is 4.57 Å². The van der Waals surface area contributed by atoms with Gasteiger partial charge in [0.1, 0.15) is 5.82 Å². The second-order valence-electron chi connectivity index (χ2n) is 6.68. The highest BCUT2D eigenvalue weighted by Crippen LogP contribution is 2.32. The van der Waals surface area contributed by atoms with Crippen LogP contribution in [0.1, 0.15) is 11.1 Å². The van der Waals surface area contributed by atoms with Crippen LogP contribution in [-0.2, 0) is 16.7 Å². The zero-order valence-corrected chi connectivity index (χ0v) is 16.6. The lowest BCUT2D eigenvalue weighted by atomic mass is 10.1. The van der Waals surface area contributed by atoms with Crippen molar-refractivity contribution in [1.82, 2.24) is 14.8 Å². The molecule has 1 aromatic heterocycles. The van der Waals surface area contributed by atoms with Gasteiger partial charge in [-0.05, 0) is 29.8 Å². The highest BCUT2D eigenvalue weighted by Gasteiger charge is 2.30. The summed E-state index contributed by atoms with van der Waals surface area (Å²) in [6.45, 7) is 2.32. The summed E-state index contributed by atoms with van der Waals surface area (Å²) in [6, 6.07) is 11.2. The van der Waals surface area contributed by atoms with Gasteiger partial charge in [0.15, 0.2) is 5.16 Å². The molecule has 1 aliphatic heterocycles. The monoisotopic (exact) mass is 438 g/mol. The molecule has 0 unspecified atom stereocenters. The quantitative estimate of drug-likeness (QED) is 0.432. The van der Waals surface area contributed by atoms with E-state index in [0.717, 1.165) is 12.1 Å². The Bertz CT molecular complexity index is 1020. The molecule has 0 spiro atoms. The van der Waals surface area contributed by atoms with E-state index in [1.54, 1.807) is 22.8 Å². The van der Waals surface area contributed by atoms with E-state index in [1.807, 2.05) is 4.90 Å². The number of benzene rings is 2. The lowest BCUT2D eigenvalue weighted by Gasteiger charge is -2.27.